The second-order valence-electron chi connectivity index (χ2n) is 4.07. The molecule has 0 aromatic carbocycles. The van der Waals surface area contributed by atoms with Gasteiger partial charge in [0.15, 0.2) is 0 Å². The molecule has 0 bridgehead atoms. The summed E-state index contributed by atoms with van der Waals surface area (Å²) in [7, 11) is 0.676. The molecule has 1 N–H and O–H groups in total. The van der Waals surface area contributed by atoms with Crippen LogP contribution in [-0.2, 0) is 9.84 Å². The average Bonchev–Trinajstić information content (AvgIpc) is 2.82. The van der Waals surface area contributed by atoms with E-state index >= 15 is 0 Å². The molecule has 0 amide bonds. The molecule has 1 rings (SSSR count). The van der Waals surface area contributed by atoms with Crippen LogP contribution in [0.15, 0.2) is 11.4 Å². The molecule has 6 heteroatoms. The predicted octanol–water partition coefficient (Wildman–Crippen LogP) is 2.23. The second kappa shape index (κ2) is 7.11. The van der Waals surface area contributed by atoms with E-state index < -0.39 is 9.84 Å². The second-order valence-corrected chi connectivity index (χ2v) is 7.49. The first-order valence-electron chi connectivity index (χ1n) is 6.03. The Morgan fingerprint density at radius 3 is 2.78 bits per heavy atom. The van der Waals surface area contributed by atoms with Gasteiger partial charge in [0.25, 0.3) is 0 Å². The van der Waals surface area contributed by atoms with Gasteiger partial charge in [0.1, 0.15) is 15.6 Å². The highest BCUT2D eigenvalue weighted by atomic mass is 32.2. The van der Waals surface area contributed by atoms with Crippen molar-refractivity contribution in [2.75, 3.05) is 25.7 Å². The summed E-state index contributed by atoms with van der Waals surface area (Å²) in [5.74, 6) is 1.35. The molecule has 4 nitrogen and oxygen atoms in total. The van der Waals surface area contributed by atoms with Crippen LogP contribution in [0.5, 0.6) is 5.75 Å². The van der Waals surface area contributed by atoms with Crippen molar-refractivity contribution >= 4 is 21.2 Å². The number of rotatable bonds is 8. The van der Waals surface area contributed by atoms with E-state index in [-0.39, 0.29) is 17.5 Å². The summed E-state index contributed by atoms with van der Waals surface area (Å²) in [6, 6.07) is 2.10. The van der Waals surface area contributed by atoms with Crippen molar-refractivity contribution in [3.05, 3.63) is 16.3 Å². The number of sulfone groups is 1. The maximum Gasteiger partial charge on any atom is 0.150 e. The first-order chi connectivity index (χ1) is 8.54. The van der Waals surface area contributed by atoms with Crippen molar-refractivity contribution in [3.8, 4) is 5.75 Å². The molecule has 1 unspecified atom stereocenters. The Bertz CT molecular complexity index is 454. The van der Waals surface area contributed by atoms with Gasteiger partial charge in [0.05, 0.1) is 17.7 Å². The molecular weight excluding hydrogens is 270 g/mol. The lowest BCUT2D eigenvalue weighted by Gasteiger charge is -2.16. The van der Waals surface area contributed by atoms with E-state index in [9.17, 15) is 8.42 Å². The zero-order valence-electron chi connectivity index (χ0n) is 11.1. The third kappa shape index (κ3) is 4.26. The molecule has 1 aromatic heterocycles. The lowest BCUT2D eigenvalue weighted by atomic mass is 10.1. The van der Waals surface area contributed by atoms with Crippen LogP contribution in [0.4, 0.5) is 0 Å². The molecule has 0 saturated heterocycles. The summed E-state index contributed by atoms with van der Waals surface area (Å²) in [6.45, 7) is 1.69. The van der Waals surface area contributed by atoms with Crippen LogP contribution >= 0.6 is 11.3 Å². The van der Waals surface area contributed by atoms with Crippen LogP contribution in [0.3, 0.4) is 0 Å². The summed E-state index contributed by atoms with van der Waals surface area (Å²) in [4.78, 5) is 1.13. The van der Waals surface area contributed by atoms with E-state index in [0.717, 1.165) is 17.0 Å². The van der Waals surface area contributed by atoms with Gasteiger partial charge in [-0.25, -0.2) is 8.42 Å². The Labute approximate surface area is 113 Å². The minimum Gasteiger partial charge on any atom is -0.496 e. The lowest BCUT2D eigenvalue weighted by molar-refractivity contribution is 0.402. The molecule has 0 aliphatic rings. The molecule has 0 radical (unpaired) electrons. The van der Waals surface area contributed by atoms with Crippen LogP contribution in [0.1, 0.15) is 30.7 Å². The van der Waals surface area contributed by atoms with E-state index in [1.165, 1.54) is 0 Å². The average molecular weight is 291 g/mol. The third-order valence-corrected chi connectivity index (χ3v) is 5.73. The van der Waals surface area contributed by atoms with Crippen molar-refractivity contribution in [1.82, 2.24) is 5.32 Å². The summed E-state index contributed by atoms with van der Waals surface area (Å²) in [5.41, 5.74) is 0. The SMILES string of the molecule is CCS(=O)(=O)CCCC(NC)c1sccc1OC. The van der Waals surface area contributed by atoms with Crippen LogP contribution in [0.2, 0.25) is 0 Å². The molecule has 1 atom stereocenters. The van der Waals surface area contributed by atoms with Gasteiger partial charge >= 0.3 is 0 Å². The van der Waals surface area contributed by atoms with E-state index in [0.29, 0.717) is 6.42 Å². The lowest BCUT2D eigenvalue weighted by Crippen LogP contribution is -2.18. The highest BCUT2D eigenvalue weighted by Crippen LogP contribution is 2.33. The Hall–Kier alpha value is -0.590. The number of nitrogens with one attached hydrogen (secondary N) is 1. The summed E-state index contributed by atoms with van der Waals surface area (Å²) < 4.78 is 28.2. The Morgan fingerprint density at radius 2 is 2.22 bits per heavy atom. The number of thiophene rings is 1. The van der Waals surface area contributed by atoms with Gasteiger partial charge in [-0.3, -0.25) is 0 Å². The van der Waals surface area contributed by atoms with Crippen LogP contribution < -0.4 is 10.1 Å². The first-order valence-corrected chi connectivity index (χ1v) is 8.73. The van der Waals surface area contributed by atoms with Gasteiger partial charge in [-0.15, -0.1) is 11.3 Å². The fourth-order valence-corrected chi connectivity index (χ4v) is 3.69. The van der Waals surface area contributed by atoms with Crippen molar-refractivity contribution < 1.29 is 13.2 Å². The largest absolute Gasteiger partial charge is 0.496 e. The first kappa shape index (κ1) is 15.5. The third-order valence-electron chi connectivity index (χ3n) is 2.93. The fourth-order valence-electron chi connectivity index (χ4n) is 1.79. The fraction of sp³-hybridized carbons (Fsp3) is 0.667. The summed E-state index contributed by atoms with van der Waals surface area (Å²) in [5, 5.41) is 5.21. The standard InChI is InChI=1S/C12H21NO3S2/c1-4-18(14,15)9-5-6-10(13-2)12-11(16-3)7-8-17-12/h7-8,10,13H,4-6,9H2,1-3H3. The van der Waals surface area contributed by atoms with E-state index in [2.05, 4.69) is 5.32 Å². The van der Waals surface area contributed by atoms with Crippen molar-refractivity contribution in [2.45, 2.75) is 25.8 Å². The molecule has 18 heavy (non-hydrogen) atoms. The summed E-state index contributed by atoms with van der Waals surface area (Å²) >= 11 is 1.63. The quantitative estimate of drug-likeness (QED) is 0.798. The molecule has 0 saturated carbocycles. The number of ether oxygens (including phenoxy) is 1. The zero-order chi connectivity index (χ0) is 13.6. The van der Waals surface area contributed by atoms with Crippen LogP contribution in [0, 0.1) is 0 Å². The van der Waals surface area contributed by atoms with Crippen LogP contribution in [-0.4, -0.2) is 34.1 Å². The molecule has 0 aliphatic heterocycles. The summed E-state index contributed by atoms with van der Waals surface area (Å²) in [6.07, 6.45) is 1.47. The zero-order valence-corrected chi connectivity index (χ0v) is 12.7. The molecule has 0 spiro atoms. The maximum absolute atomic E-state index is 11.4. The normalized spacial score (nSPS) is 13.5. The van der Waals surface area contributed by atoms with Crippen LogP contribution in [0.25, 0.3) is 0 Å². The van der Waals surface area contributed by atoms with E-state index in [1.54, 1.807) is 25.4 Å². The molecule has 0 fully saturated rings. The minimum atomic E-state index is -2.86. The minimum absolute atomic E-state index is 0.159. The highest BCUT2D eigenvalue weighted by Gasteiger charge is 2.17. The van der Waals surface area contributed by atoms with Gasteiger partial charge in [-0.05, 0) is 31.3 Å². The smallest absolute Gasteiger partial charge is 0.150 e. The highest BCUT2D eigenvalue weighted by molar-refractivity contribution is 7.91. The number of methoxy groups -OCH3 is 1. The molecule has 1 heterocycles. The van der Waals surface area contributed by atoms with Crippen molar-refractivity contribution in [3.63, 3.8) is 0 Å². The Morgan fingerprint density at radius 1 is 1.50 bits per heavy atom. The van der Waals surface area contributed by atoms with E-state index in [1.807, 2.05) is 18.5 Å². The molecule has 104 valence electrons. The van der Waals surface area contributed by atoms with Gasteiger partial charge in [-0.1, -0.05) is 6.92 Å². The monoisotopic (exact) mass is 291 g/mol. The molecular formula is C12H21NO3S2. The van der Waals surface area contributed by atoms with Crippen molar-refractivity contribution in [2.24, 2.45) is 0 Å². The predicted molar refractivity (Wildman–Crippen MR) is 76.2 cm³/mol. The number of hydrogen-bond acceptors (Lipinski definition) is 5. The van der Waals surface area contributed by atoms with Gasteiger partial charge in [0.2, 0.25) is 0 Å². The maximum atomic E-state index is 11.4. The Kier molecular flexibility index (Phi) is 6.11. The topological polar surface area (TPSA) is 55.4 Å². The Balaban J connectivity index is 2.58. The van der Waals surface area contributed by atoms with Gasteiger partial charge in [-0.2, -0.15) is 0 Å². The van der Waals surface area contributed by atoms with Gasteiger partial charge in [0, 0.05) is 11.8 Å². The van der Waals surface area contributed by atoms with Crippen molar-refractivity contribution in [1.29, 1.82) is 0 Å². The van der Waals surface area contributed by atoms with E-state index in [4.69, 9.17) is 4.74 Å². The molecule has 0 aliphatic carbocycles. The molecule has 1 aromatic rings. The number of hydrogen-bond donors (Lipinski definition) is 1. The van der Waals surface area contributed by atoms with Gasteiger partial charge < -0.3 is 10.1 Å².